The molecule has 2 heterocycles. The number of nitrogens with one attached hydrogen (secondary N) is 1. The molecule has 76 valence electrons. The summed E-state index contributed by atoms with van der Waals surface area (Å²) in [6.45, 7) is 0.824. The Hall–Kier alpha value is -1.53. The molecule has 1 aromatic heterocycles. The van der Waals surface area contributed by atoms with E-state index in [1.807, 2.05) is 24.3 Å². The zero-order valence-electron chi connectivity index (χ0n) is 7.75. The molecule has 2 aromatic rings. The molecule has 0 saturated carbocycles. The SMILES string of the molecule is S=c1nn[nH]n1-c1ccc(C2CO2)cc1. The molecule has 1 saturated heterocycles. The molecule has 1 N–H and O–H groups in total. The maximum Gasteiger partial charge on any atom is 0.242 e. The third-order valence-electron chi connectivity index (χ3n) is 2.33. The number of aromatic nitrogens is 4. The summed E-state index contributed by atoms with van der Waals surface area (Å²) in [6.07, 6.45) is 0.284. The fourth-order valence-corrected chi connectivity index (χ4v) is 1.63. The first-order valence-electron chi connectivity index (χ1n) is 4.56. The van der Waals surface area contributed by atoms with Gasteiger partial charge in [0.2, 0.25) is 4.77 Å². The molecule has 1 fully saturated rings. The quantitative estimate of drug-likeness (QED) is 0.614. The average Bonchev–Trinajstić information content (AvgIpc) is 3.02. The summed E-state index contributed by atoms with van der Waals surface area (Å²) in [5, 5.41) is 10.0. The highest BCUT2D eigenvalue weighted by Gasteiger charge is 2.24. The Morgan fingerprint density at radius 1 is 1.40 bits per heavy atom. The van der Waals surface area contributed by atoms with E-state index >= 15 is 0 Å². The molecule has 0 aliphatic carbocycles. The number of hydrogen-bond donors (Lipinski definition) is 1. The Morgan fingerprint density at radius 3 is 2.67 bits per heavy atom. The van der Waals surface area contributed by atoms with Crippen molar-refractivity contribution in [2.75, 3.05) is 6.61 Å². The van der Waals surface area contributed by atoms with E-state index in [4.69, 9.17) is 17.0 Å². The lowest BCUT2D eigenvalue weighted by atomic mass is 10.1. The maximum absolute atomic E-state index is 5.19. The summed E-state index contributed by atoms with van der Waals surface area (Å²) < 4.78 is 7.26. The molecule has 5 nitrogen and oxygen atoms in total. The fraction of sp³-hybridized carbons (Fsp3) is 0.222. The number of epoxide rings is 1. The minimum atomic E-state index is 0.284. The van der Waals surface area contributed by atoms with E-state index in [0.717, 1.165) is 12.3 Å². The van der Waals surface area contributed by atoms with Gasteiger partial charge in [0.25, 0.3) is 0 Å². The lowest BCUT2D eigenvalue weighted by molar-refractivity contribution is 0.415. The Labute approximate surface area is 90.7 Å². The fourth-order valence-electron chi connectivity index (χ4n) is 1.44. The summed E-state index contributed by atoms with van der Waals surface area (Å²) in [7, 11) is 0. The van der Waals surface area contributed by atoms with E-state index in [9.17, 15) is 0 Å². The molecule has 1 unspecified atom stereocenters. The second kappa shape index (κ2) is 3.25. The van der Waals surface area contributed by atoms with Crippen molar-refractivity contribution >= 4 is 12.2 Å². The van der Waals surface area contributed by atoms with Crippen LogP contribution in [0.2, 0.25) is 0 Å². The molecular weight excluding hydrogens is 212 g/mol. The Kier molecular flexibility index (Phi) is 1.90. The number of rotatable bonds is 2. The van der Waals surface area contributed by atoms with Crippen molar-refractivity contribution < 1.29 is 4.74 Å². The minimum Gasteiger partial charge on any atom is -0.368 e. The third-order valence-corrected chi connectivity index (χ3v) is 2.59. The molecule has 0 bridgehead atoms. The minimum absolute atomic E-state index is 0.284. The van der Waals surface area contributed by atoms with Crippen LogP contribution in [0.4, 0.5) is 0 Å². The molecule has 0 radical (unpaired) electrons. The van der Waals surface area contributed by atoms with Crippen LogP contribution >= 0.6 is 12.2 Å². The highest BCUT2D eigenvalue weighted by molar-refractivity contribution is 7.71. The standard InChI is InChI=1S/C9H8N4OS/c15-9-10-11-12-13(9)7-3-1-6(2-4-7)8-5-14-8/h1-4,8H,5H2,(H,10,12,15). The number of benzene rings is 1. The predicted octanol–water partition coefficient (Wildman–Crippen LogP) is 1.40. The van der Waals surface area contributed by atoms with Gasteiger partial charge in [-0.2, -0.15) is 5.21 Å². The molecule has 1 aliphatic heterocycles. The van der Waals surface area contributed by atoms with E-state index < -0.39 is 0 Å². The van der Waals surface area contributed by atoms with Crippen LogP contribution in [-0.2, 0) is 4.74 Å². The van der Waals surface area contributed by atoms with Gasteiger partial charge in [0.05, 0.1) is 12.3 Å². The van der Waals surface area contributed by atoms with E-state index in [1.165, 1.54) is 5.56 Å². The van der Waals surface area contributed by atoms with Gasteiger partial charge < -0.3 is 4.74 Å². The molecule has 0 amide bonds. The van der Waals surface area contributed by atoms with Gasteiger partial charge >= 0.3 is 0 Å². The van der Waals surface area contributed by atoms with Crippen LogP contribution < -0.4 is 0 Å². The number of ether oxygens (including phenoxy) is 1. The highest BCUT2D eigenvalue weighted by atomic mass is 32.1. The molecule has 6 heteroatoms. The van der Waals surface area contributed by atoms with Gasteiger partial charge in [-0.25, -0.2) is 4.68 Å². The molecule has 3 rings (SSSR count). The lowest BCUT2D eigenvalue weighted by Gasteiger charge is -2.01. The van der Waals surface area contributed by atoms with E-state index in [2.05, 4.69) is 15.5 Å². The van der Waals surface area contributed by atoms with Crippen LogP contribution in [0.15, 0.2) is 24.3 Å². The number of aromatic amines is 1. The lowest BCUT2D eigenvalue weighted by Crippen LogP contribution is -1.96. The van der Waals surface area contributed by atoms with Crippen LogP contribution in [0.25, 0.3) is 5.69 Å². The first kappa shape index (κ1) is 8.75. The first-order chi connectivity index (χ1) is 7.34. The molecule has 15 heavy (non-hydrogen) atoms. The van der Waals surface area contributed by atoms with Crippen molar-refractivity contribution in [2.24, 2.45) is 0 Å². The molecule has 1 atom stereocenters. The number of H-pyrrole nitrogens is 1. The van der Waals surface area contributed by atoms with E-state index in [1.54, 1.807) is 4.68 Å². The van der Waals surface area contributed by atoms with Crippen molar-refractivity contribution in [3.05, 3.63) is 34.6 Å². The van der Waals surface area contributed by atoms with Crippen molar-refractivity contribution in [1.82, 2.24) is 20.2 Å². The smallest absolute Gasteiger partial charge is 0.242 e. The van der Waals surface area contributed by atoms with Gasteiger partial charge in [0.1, 0.15) is 6.10 Å². The van der Waals surface area contributed by atoms with E-state index in [-0.39, 0.29) is 6.10 Å². The summed E-state index contributed by atoms with van der Waals surface area (Å²) >= 11 is 5.00. The molecule has 1 aliphatic rings. The summed E-state index contributed by atoms with van der Waals surface area (Å²) in [5.74, 6) is 0. The van der Waals surface area contributed by atoms with Crippen LogP contribution in [0.1, 0.15) is 11.7 Å². The van der Waals surface area contributed by atoms with Crippen molar-refractivity contribution in [1.29, 1.82) is 0 Å². The first-order valence-corrected chi connectivity index (χ1v) is 4.97. The number of hydrogen-bond acceptors (Lipinski definition) is 4. The van der Waals surface area contributed by atoms with Crippen LogP contribution in [0, 0.1) is 4.77 Å². The number of nitrogens with zero attached hydrogens (tertiary/aromatic N) is 3. The Morgan fingerprint density at radius 2 is 2.13 bits per heavy atom. The van der Waals surface area contributed by atoms with Gasteiger partial charge in [-0.15, -0.1) is 0 Å². The van der Waals surface area contributed by atoms with Crippen LogP contribution in [-0.4, -0.2) is 26.8 Å². The monoisotopic (exact) mass is 220 g/mol. The zero-order chi connectivity index (χ0) is 10.3. The average molecular weight is 220 g/mol. The van der Waals surface area contributed by atoms with Gasteiger partial charge in [-0.1, -0.05) is 22.4 Å². The van der Waals surface area contributed by atoms with Gasteiger partial charge in [-0.05, 0) is 29.9 Å². The van der Waals surface area contributed by atoms with Gasteiger partial charge in [-0.3, -0.25) is 0 Å². The summed E-state index contributed by atoms with van der Waals surface area (Å²) in [6, 6.07) is 7.98. The normalized spacial score (nSPS) is 19.1. The zero-order valence-corrected chi connectivity index (χ0v) is 8.57. The third kappa shape index (κ3) is 1.57. The number of tetrazole rings is 1. The molecule has 0 spiro atoms. The highest BCUT2D eigenvalue weighted by Crippen LogP contribution is 2.29. The second-order valence-electron chi connectivity index (χ2n) is 3.33. The van der Waals surface area contributed by atoms with Gasteiger partial charge in [0.15, 0.2) is 0 Å². The Balaban J connectivity index is 1.99. The van der Waals surface area contributed by atoms with Crippen LogP contribution in [0.5, 0.6) is 0 Å². The summed E-state index contributed by atoms with van der Waals surface area (Å²) in [4.78, 5) is 0. The predicted molar refractivity (Wildman–Crippen MR) is 55.2 cm³/mol. The Bertz CT molecular complexity index is 526. The topological polar surface area (TPSA) is 59.0 Å². The maximum atomic E-state index is 5.19. The largest absolute Gasteiger partial charge is 0.368 e. The molecular formula is C9H8N4OS. The van der Waals surface area contributed by atoms with E-state index in [0.29, 0.717) is 4.77 Å². The molecule has 1 aromatic carbocycles. The van der Waals surface area contributed by atoms with Crippen LogP contribution in [0.3, 0.4) is 0 Å². The summed E-state index contributed by atoms with van der Waals surface area (Å²) in [5.41, 5.74) is 2.12. The van der Waals surface area contributed by atoms with Crippen molar-refractivity contribution in [3.63, 3.8) is 0 Å². The second-order valence-corrected chi connectivity index (χ2v) is 3.70. The van der Waals surface area contributed by atoms with Crippen molar-refractivity contribution in [3.8, 4) is 5.69 Å². The van der Waals surface area contributed by atoms with Crippen molar-refractivity contribution in [2.45, 2.75) is 6.10 Å². The van der Waals surface area contributed by atoms with Gasteiger partial charge in [0, 0.05) is 0 Å².